The molecule has 1 N–H and O–H groups in total. The second kappa shape index (κ2) is 2.45. The van der Waals surface area contributed by atoms with Gasteiger partial charge in [-0.25, -0.2) is 4.98 Å². The van der Waals surface area contributed by atoms with Crippen molar-refractivity contribution < 1.29 is 5.11 Å². The third-order valence-corrected chi connectivity index (χ3v) is 2.71. The van der Waals surface area contributed by atoms with Crippen LogP contribution in [0.4, 0.5) is 0 Å². The van der Waals surface area contributed by atoms with E-state index in [0.717, 1.165) is 21.5 Å². The fraction of sp³-hybridized carbons (Fsp3) is 0.222. The zero-order valence-electron chi connectivity index (χ0n) is 6.96. The first-order valence-corrected chi connectivity index (χ1v) is 4.61. The van der Waals surface area contributed by atoms with Gasteiger partial charge in [-0.3, -0.25) is 0 Å². The molecule has 3 heteroatoms. The molecule has 0 saturated heterocycles. The lowest BCUT2D eigenvalue weighted by molar-refractivity contribution is 0.483. The quantitative estimate of drug-likeness (QED) is 0.674. The molecule has 0 aromatic carbocycles. The number of thiophene rings is 1. The fourth-order valence-electron chi connectivity index (χ4n) is 1.37. The molecule has 0 aliphatic carbocycles. The fourth-order valence-corrected chi connectivity index (χ4v) is 2.29. The SMILES string of the molecule is Cc1cc(C)c2c(O)csc2n1. The van der Waals surface area contributed by atoms with E-state index in [1.807, 2.05) is 19.9 Å². The molecule has 62 valence electrons. The lowest BCUT2D eigenvalue weighted by Crippen LogP contribution is -1.82. The lowest BCUT2D eigenvalue weighted by Gasteiger charge is -1.97. The Hall–Kier alpha value is -1.09. The van der Waals surface area contributed by atoms with E-state index in [9.17, 15) is 5.11 Å². The van der Waals surface area contributed by atoms with Crippen LogP contribution in [0.1, 0.15) is 11.3 Å². The lowest BCUT2D eigenvalue weighted by atomic mass is 10.2. The maximum Gasteiger partial charge on any atom is 0.136 e. The van der Waals surface area contributed by atoms with Crippen molar-refractivity contribution in [3.05, 3.63) is 22.7 Å². The van der Waals surface area contributed by atoms with E-state index in [4.69, 9.17) is 0 Å². The first kappa shape index (κ1) is 7.55. The number of pyridine rings is 1. The van der Waals surface area contributed by atoms with Crippen molar-refractivity contribution in [1.82, 2.24) is 4.98 Å². The summed E-state index contributed by atoms with van der Waals surface area (Å²) in [5.74, 6) is 0.347. The van der Waals surface area contributed by atoms with Crippen LogP contribution in [-0.4, -0.2) is 10.1 Å². The molecule has 2 nitrogen and oxygen atoms in total. The Bertz CT molecular complexity index is 433. The van der Waals surface area contributed by atoms with E-state index >= 15 is 0 Å². The Labute approximate surface area is 74.5 Å². The number of aromatic nitrogens is 1. The van der Waals surface area contributed by atoms with E-state index in [1.54, 1.807) is 5.38 Å². The van der Waals surface area contributed by atoms with Crippen molar-refractivity contribution in [3.63, 3.8) is 0 Å². The van der Waals surface area contributed by atoms with Crippen molar-refractivity contribution in [2.75, 3.05) is 0 Å². The van der Waals surface area contributed by atoms with Crippen molar-refractivity contribution in [2.45, 2.75) is 13.8 Å². The summed E-state index contributed by atoms with van der Waals surface area (Å²) in [6, 6.07) is 1.98. The molecular weight excluding hydrogens is 170 g/mol. The summed E-state index contributed by atoms with van der Waals surface area (Å²) in [5.41, 5.74) is 2.10. The molecular formula is C9H9NOS. The van der Waals surface area contributed by atoms with Gasteiger partial charge in [0.05, 0.1) is 5.39 Å². The minimum atomic E-state index is 0.347. The molecule has 0 atom stereocenters. The van der Waals surface area contributed by atoms with Gasteiger partial charge >= 0.3 is 0 Å². The second-order valence-corrected chi connectivity index (χ2v) is 3.74. The summed E-state index contributed by atoms with van der Waals surface area (Å²) in [4.78, 5) is 5.24. The highest BCUT2D eigenvalue weighted by atomic mass is 32.1. The van der Waals surface area contributed by atoms with Gasteiger partial charge in [0, 0.05) is 11.1 Å². The van der Waals surface area contributed by atoms with Crippen molar-refractivity contribution in [1.29, 1.82) is 0 Å². The van der Waals surface area contributed by atoms with Gasteiger partial charge in [-0.15, -0.1) is 11.3 Å². The van der Waals surface area contributed by atoms with Crippen LogP contribution in [0.15, 0.2) is 11.4 Å². The molecule has 2 rings (SSSR count). The molecule has 0 aliphatic rings. The predicted molar refractivity (Wildman–Crippen MR) is 50.8 cm³/mol. The normalized spacial score (nSPS) is 10.8. The van der Waals surface area contributed by atoms with Crippen LogP contribution in [0.2, 0.25) is 0 Å². The Morgan fingerprint density at radius 3 is 2.92 bits per heavy atom. The molecule has 0 bridgehead atoms. The van der Waals surface area contributed by atoms with Crippen LogP contribution in [0, 0.1) is 13.8 Å². The van der Waals surface area contributed by atoms with Crippen molar-refractivity contribution in [3.8, 4) is 5.75 Å². The molecule has 2 heterocycles. The zero-order valence-corrected chi connectivity index (χ0v) is 7.77. The highest BCUT2D eigenvalue weighted by Gasteiger charge is 2.06. The summed E-state index contributed by atoms with van der Waals surface area (Å²) in [6.07, 6.45) is 0. The van der Waals surface area contributed by atoms with Crippen LogP contribution in [0.5, 0.6) is 5.75 Å². The summed E-state index contributed by atoms with van der Waals surface area (Å²) in [7, 11) is 0. The Morgan fingerprint density at radius 1 is 1.42 bits per heavy atom. The van der Waals surface area contributed by atoms with Gasteiger partial charge in [0.2, 0.25) is 0 Å². The highest BCUT2D eigenvalue weighted by molar-refractivity contribution is 7.17. The Morgan fingerprint density at radius 2 is 2.17 bits per heavy atom. The number of hydrogen-bond acceptors (Lipinski definition) is 3. The maximum atomic E-state index is 9.45. The van der Waals surface area contributed by atoms with E-state index in [1.165, 1.54) is 11.3 Å². The van der Waals surface area contributed by atoms with Crippen LogP contribution in [-0.2, 0) is 0 Å². The molecule has 2 aromatic rings. The van der Waals surface area contributed by atoms with Crippen molar-refractivity contribution in [2.24, 2.45) is 0 Å². The number of nitrogens with zero attached hydrogens (tertiary/aromatic N) is 1. The minimum absolute atomic E-state index is 0.347. The van der Waals surface area contributed by atoms with E-state index in [0.29, 0.717) is 5.75 Å². The molecule has 0 fully saturated rings. The summed E-state index contributed by atoms with van der Waals surface area (Å²) < 4.78 is 0. The van der Waals surface area contributed by atoms with Gasteiger partial charge in [-0.05, 0) is 25.5 Å². The van der Waals surface area contributed by atoms with E-state index < -0.39 is 0 Å². The van der Waals surface area contributed by atoms with Gasteiger partial charge in [-0.2, -0.15) is 0 Å². The summed E-state index contributed by atoms with van der Waals surface area (Å²) >= 11 is 1.48. The van der Waals surface area contributed by atoms with Gasteiger partial charge in [-0.1, -0.05) is 0 Å². The van der Waals surface area contributed by atoms with Gasteiger partial charge in [0.15, 0.2) is 0 Å². The van der Waals surface area contributed by atoms with Crippen molar-refractivity contribution >= 4 is 21.6 Å². The number of aryl methyl sites for hydroxylation is 2. The van der Waals surface area contributed by atoms with E-state index in [-0.39, 0.29) is 0 Å². The third-order valence-electron chi connectivity index (χ3n) is 1.85. The highest BCUT2D eigenvalue weighted by Crippen LogP contribution is 2.32. The number of hydrogen-bond donors (Lipinski definition) is 1. The number of aromatic hydroxyl groups is 1. The van der Waals surface area contributed by atoms with E-state index in [2.05, 4.69) is 4.98 Å². The molecule has 0 amide bonds. The summed E-state index contributed by atoms with van der Waals surface area (Å²) in [6.45, 7) is 3.95. The molecule has 12 heavy (non-hydrogen) atoms. The molecule has 0 spiro atoms. The first-order valence-electron chi connectivity index (χ1n) is 3.73. The van der Waals surface area contributed by atoms with Gasteiger partial charge < -0.3 is 5.11 Å². The smallest absolute Gasteiger partial charge is 0.136 e. The molecule has 0 saturated carbocycles. The monoisotopic (exact) mass is 179 g/mol. The largest absolute Gasteiger partial charge is 0.506 e. The second-order valence-electron chi connectivity index (χ2n) is 2.88. The first-order chi connectivity index (χ1) is 5.68. The van der Waals surface area contributed by atoms with Crippen LogP contribution >= 0.6 is 11.3 Å². The van der Waals surface area contributed by atoms with Gasteiger partial charge in [0.25, 0.3) is 0 Å². The Kier molecular flexibility index (Phi) is 1.54. The average Bonchev–Trinajstić information content (AvgIpc) is 2.31. The summed E-state index contributed by atoms with van der Waals surface area (Å²) in [5, 5.41) is 12.1. The van der Waals surface area contributed by atoms with Crippen LogP contribution in [0.3, 0.4) is 0 Å². The minimum Gasteiger partial charge on any atom is -0.506 e. The maximum absolute atomic E-state index is 9.45. The van der Waals surface area contributed by atoms with Crippen LogP contribution in [0.25, 0.3) is 10.2 Å². The number of rotatable bonds is 0. The predicted octanol–water partition coefficient (Wildman–Crippen LogP) is 2.62. The molecule has 0 radical (unpaired) electrons. The number of fused-ring (bicyclic) bond motifs is 1. The standard InChI is InChI=1S/C9H9NOS/c1-5-3-6(2)10-9-8(5)7(11)4-12-9/h3-4,11H,1-2H3. The molecule has 2 aromatic heterocycles. The topological polar surface area (TPSA) is 33.1 Å². The molecule has 0 unspecified atom stereocenters. The zero-order chi connectivity index (χ0) is 8.72. The Balaban J connectivity index is 2.93. The average molecular weight is 179 g/mol. The van der Waals surface area contributed by atoms with Crippen LogP contribution < -0.4 is 0 Å². The molecule has 0 aliphatic heterocycles. The third kappa shape index (κ3) is 0.975. The van der Waals surface area contributed by atoms with Gasteiger partial charge in [0.1, 0.15) is 10.6 Å².